The first-order chi connectivity index (χ1) is 15.2. The molecule has 0 aliphatic carbocycles. The molecule has 166 valence electrons. The van der Waals surface area contributed by atoms with Crippen molar-refractivity contribution in [3.8, 4) is 11.6 Å². The van der Waals surface area contributed by atoms with Gasteiger partial charge in [0.15, 0.2) is 0 Å². The summed E-state index contributed by atoms with van der Waals surface area (Å²) in [5.74, 6) is -0.104. The molecular weight excluding hydrogens is 434 g/mol. The van der Waals surface area contributed by atoms with Crippen molar-refractivity contribution in [1.82, 2.24) is 14.7 Å². The van der Waals surface area contributed by atoms with E-state index in [1.165, 1.54) is 56.7 Å². The zero-order chi connectivity index (χ0) is 23.1. The molecule has 0 saturated carbocycles. The maximum atomic E-state index is 12.6. The first kappa shape index (κ1) is 22.8. The third-order valence-electron chi connectivity index (χ3n) is 4.07. The van der Waals surface area contributed by atoms with Crippen LogP contribution in [0.2, 0.25) is 0 Å². The summed E-state index contributed by atoms with van der Waals surface area (Å²) in [6.07, 6.45) is 4.45. The number of rotatable bonds is 8. The Morgan fingerprint density at radius 1 is 1.00 bits per heavy atom. The van der Waals surface area contributed by atoms with Crippen LogP contribution in [0.25, 0.3) is 0 Å². The van der Waals surface area contributed by atoms with Crippen molar-refractivity contribution in [2.24, 2.45) is 0 Å². The summed E-state index contributed by atoms with van der Waals surface area (Å²) in [6, 6.07) is 11.1. The van der Waals surface area contributed by atoms with E-state index >= 15 is 0 Å². The number of hydrogen-bond acceptors (Lipinski definition) is 7. The zero-order valence-corrected chi connectivity index (χ0v) is 18.1. The summed E-state index contributed by atoms with van der Waals surface area (Å²) >= 11 is 0. The predicted octanol–water partition coefficient (Wildman–Crippen LogP) is 2.53. The Morgan fingerprint density at radius 2 is 1.75 bits per heavy atom. The monoisotopic (exact) mass is 455 g/mol. The summed E-state index contributed by atoms with van der Waals surface area (Å²) in [5.41, 5.74) is 0.882. The normalized spacial score (nSPS) is 11.9. The van der Waals surface area contributed by atoms with E-state index in [-0.39, 0.29) is 10.8 Å². The highest BCUT2D eigenvalue weighted by Crippen LogP contribution is 2.22. The van der Waals surface area contributed by atoms with Crippen molar-refractivity contribution in [2.75, 3.05) is 10.6 Å². The van der Waals surface area contributed by atoms with E-state index in [0.29, 0.717) is 23.0 Å². The van der Waals surface area contributed by atoms with Crippen LogP contribution in [0, 0.1) is 0 Å². The number of amides is 2. The minimum absolute atomic E-state index is 0.0365. The summed E-state index contributed by atoms with van der Waals surface area (Å²) in [6.45, 7) is 2.78. The highest BCUT2D eigenvalue weighted by molar-refractivity contribution is 7.89. The van der Waals surface area contributed by atoms with Crippen molar-refractivity contribution in [1.29, 1.82) is 0 Å². The molecular formula is C21H21N5O5S. The molecule has 1 heterocycles. The van der Waals surface area contributed by atoms with Crippen LogP contribution < -0.4 is 20.1 Å². The van der Waals surface area contributed by atoms with Gasteiger partial charge in [-0.15, -0.1) is 0 Å². The van der Waals surface area contributed by atoms with E-state index < -0.39 is 22.0 Å². The molecule has 1 atom stereocenters. The van der Waals surface area contributed by atoms with Gasteiger partial charge < -0.3 is 15.4 Å². The van der Waals surface area contributed by atoms with Gasteiger partial charge in [-0.2, -0.15) is 4.72 Å². The zero-order valence-electron chi connectivity index (χ0n) is 17.3. The smallest absolute Gasteiger partial charge is 0.242 e. The van der Waals surface area contributed by atoms with E-state index in [2.05, 4.69) is 25.3 Å². The van der Waals surface area contributed by atoms with Crippen molar-refractivity contribution < 1.29 is 22.7 Å². The molecule has 10 nitrogen and oxygen atoms in total. The number of ether oxygens (including phenoxy) is 1. The molecule has 1 aromatic heterocycles. The van der Waals surface area contributed by atoms with Gasteiger partial charge in [-0.3, -0.25) is 14.6 Å². The molecule has 0 aliphatic rings. The van der Waals surface area contributed by atoms with Crippen LogP contribution in [0.5, 0.6) is 11.6 Å². The molecule has 3 aromatic rings. The van der Waals surface area contributed by atoms with Gasteiger partial charge in [-0.05, 0) is 43.3 Å². The lowest BCUT2D eigenvalue weighted by Gasteiger charge is -2.15. The minimum Gasteiger partial charge on any atom is -0.437 e. The standard InChI is InChI=1S/C21H21N5O5S/c1-14(26-32(29,30)19-8-6-16(7-9-19)24-15(2)27)21(28)25-17-4-3-5-18(12-17)31-20-13-22-10-11-23-20/h3-14,26H,1-2H3,(H,24,27)(H,25,28)/t14-/m0/s1. The lowest BCUT2D eigenvalue weighted by atomic mass is 10.2. The molecule has 2 aromatic carbocycles. The molecule has 3 N–H and O–H groups in total. The average molecular weight is 455 g/mol. The van der Waals surface area contributed by atoms with Gasteiger partial charge in [-0.25, -0.2) is 13.4 Å². The Hall–Kier alpha value is -3.83. The van der Waals surface area contributed by atoms with Gasteiger partial charge in [0.2, 0.25) is 27.7 Å². The van der Waals surface area contributed by atoms with E-state index in [0.717, 1.165) is 0 Å². The highest BCUT2D eigenvalue weighted by Gasteiger charge is 2.22. The van der Waals surface area contributed by atoms with Crippen LogP contribution in [0.15, 0.2) is 72.0 Å². The Kier molecular flexibility index (Phi) is 7.13. The van der Waals surface area contributed by atoms with E-state index in [9.17, 15) is 18.0 Å². The van der Waals surface area contributed by atoms with Crippen LogP contribution in [0.4, 0.5) is 11.4 Å². The number of nitrogens with zero attached hydrogens (tertiary/aromatic N) is 2. The van der Waals surface area contributed by atoms with Crippen molar-refractivity contribution >= 4 is 33.2 Å². The SMILES string of the molecule is CC(=O)Nc1ccc(S(=O)(=O)N[C@@H](C)C(=O)Nc2cccc(Oc3cnccn3)c2)cc1. The average Bonchev–Trinajstić information content (AvgIpc) is 2.74. The molecule has 0 bridgehead atoms. The number of sulfonamides is 1. The van der Waals surface area contributed by atoms with Gasteiger partial charge in [0.25, 0.3) is 0 Å². The second kappa shape index (κ2) is 9.98. The van der Waals surface area contributed by atoms with Gasteiger partial charge in [0, 0.05) is 36.8 Å². The number of hydrogen-bond donors (Lipinski definition) is 3. The molecule has 32 heavy (non-hydrogen) atoms. The molecule has 2 amide bonds. The number of anilines is 2. The Labute approximate surface area is 185 Å². The van der Waals surface area contributed by atoms with Crippen LogP contribution in [0.3, 0.4) is 0 Å². The van der Waals surface area contributed by atoms with Gasteiger partial charge >= 0.3 is 0 Å². The van der Waals surface area contributed by atoms with E-state index in [4.69, 9.17) is 4.74 Å². The molecule has 3 rings (SSSR count). The van der Waals surface area contributed by atoms with Crippen LogP contribution in [-0.2, 0) is 19.6 Å². The topological polar surface area (TPSA) is 139 Å². The number of carbonyl (C=O) groups excluding carboxylic acids is 2. The summed E-state index contributed by atoms with van der Waals surface area (Å²) in [5, 5.41) is 5.20. The minimum atomic E-state index is -3.95. The van der Waals surface area contributed by atoms with Crippen molar-refractivity contribution in [3.63, 3.8) is 0 Å². The second-order valence-corrected chi connectivity index (χ2v) is 8.43. The maximum Gasteiger partial charge on any atom is 0.242 e. The molecule has 11 heteroatoms. The van der Waals surface area contributed by atoms with Crippen LogP contribution >= 0.6 is 0 Å². The Morgan fingerprint density at radius 3 is 2.41 bits per heavy atom. The summed E-state index contributed by atoms with van der Waals surface area (Å²) in [4.78, 5) is 31.5. The Bertz CT molecular complexity index is 1200. The predicted molar refractivity (Wildman–Crippen MR) is 118 cm³/mol. The van der Waals surface area contributed by atoms with E-state index in [1.54, 1.807) is 24.3 Å². The van der Waals surface area contributed by atoms with Gasteiger partial charge in [0.05, 0.1) is 17.1 Å². The number of benzene rings is 2. The first-order valence-electron chi connectivity index (χ1n) is 9.48. The number of carbonyl (C=O) groups is 2. The molecule has 0 aliphatic heterocycles. The molecule has 0 spiro atoms. The lowest BCUT2D eigenvalue weighted by molar-refractivity contribution is -0.117. The third-order valence-corrected chi connectivity index (χ3v) is 5.63. The van der Waals surface area contributed by atoms with Gasteiger partial charge in [-0.1, -0.05) is 6.07 Å². The fourth-order valence-electron chi connectivity index (χ4n) is 2.62. The lowest BCUT2D eigenvalue weighted by Crippen LogP contribution is -2.41. The van der Waals surface area contributed by atoms with Crippen molar-refractivity contribution in [2.45, 2.75) is 24.8 Å². The summed E-state index contributed by atoms with van der Waals surface area (Å²) < 4.78 is 33.1. The highest BCUT2D eigenvalue weighted by atomic mass is 32.2. The molecule has 0 saturated heterocycles. The fourth-order valence-corrected chi connectivity index (χ4v) is 3.82. The fraction of sp³-hybridized carbons (Fsp3) is 0.143. The molecule has 0 radical (unpaired) electrons. The molecule has 0 unspecified atom stereocenters. The molecule has 0 fully saturated rings. The first-order valence-corrected chi connectivity index (χ1v) is 11.0. The quantitative estimate of drug-likeness (QED) is 0.474. The number of nitrogens with one attached hydrogen (secondary N) is 3. The van der Waals surface area contributed by atoms with Gasteiger partial charge in [0.1, 0.15) is 5.75 Å². The largest absolute Gasteiger partial charge is 0.437 e. The van der Waals surface area contributed by atoms with Crippen LogP contribution in [-0.4, -0.2) is 36.2 Å². The second-order valence-electron chi connectivity index (χ2n) is 6.71. The van der Waals surface area contributed by atoms with Crippen molar-refractivity contribution in [3.05, 3.63) is 67.1 Å². The van der Waals surface area contributed by atoms with Crippen LogP contribution in [0.1, 0.15) is 13.8 Å². The van der Waals surface area contributed by atoms with E-state index in [1.807, 2.05) is 0 Å². The third kappa shape index (κ3) is 6.33. The number of aromatic nitrogens is 2. The Balaban J connectivity index is 1.63. The summed E-state index contributed by atoms with van der Waals surface area (Å²) in [7, 11) is -3.95. The maximum absolute atomic E-state index is 12.6.